The van der Waals surface area contributed by atoms with Gasteiger partial charge in [0.2, 0.25) is 0 Å². The Morgan fingerprint density at radius 2 is 1.39 bits per heavy atom. The van der Waals surface area contributed by atoms with Crippen molar-refractivity contribution in [1.82, 2.24) is 0 Å². The summed E-state index contributed by atoms with van der Waals surface area (Å²) in [6.45, 7) is 4.24. The molecule has 0 aliphatic carbocycles. The van der Waals surface area contributed by atoms with E-state index >= 15 is 0 Å². The van der Waals surface area contributed by atoms with Gasteiger partial charge in [-0.25, -0.2) is 0 Å². The van der Waals surface area contributed by atoms with Crippen molar-refractivity contribution in [3.8, 4) is 5.75 Å². The van der Waals surface area contributed by atoms with Crippen LogP contribution in [0.5, 0.6) is 5.75 Å². The molecule has 1 unspecified atom stereocenters. The first kappa shape index (κ1) is 18.1. The van der Waals surface area contributed by atoms with Gasteiger partial charge in [0.05, 0.1) is 9.85 Å². The monoisotopic (exact) mass is 318 g/mol. The number of aromatic hydroxyl groups is 1. The summed E-state index contributed by atoms with van der Waals surface area (Å²) in [4.78, 5) is 18.9. The molecule has 1 atom stereocenters. The molecule has 0 spiro atoms. The molecule has 2 aromatic carbocycles. The molecular formula is C16H18N2O5. The summed E-state index contributed by atoms with van der Waals surface area (Å²) in [7, 11) is 0. The topological polar surface area (TPSA) is 107 Å². The van der Waals surface area contributed by atoms with Crippen LogP contribution in [-0.2, 0) is 0 Å². The van der Waals surface area contributed by atoms with Crippen LogP contribution in [-0.4, -0.2) is 15.0 Å². The van der Waals surface area contributed by atoms with Crippen LogP contribution in [0.1, 0.15) is 31.7 Å². The Labute approximate surface area is 133 Å². The number of phenols is 1. The highest BCUT2D eigenvalue weighted by Crippen LogP contribution is 2.26. The highest BCUT2D eigenvalue weighted by Gasteiger charge is 2.21. The van der Waals surface area contributed by atoms with Gasteiger partial charge in [0.1, 0.15) is 5.75 Å². The van der Waals surface area contributed by atoms with Gasteiger partial charge in [-0.15, -0.1) is 0 Å². The van der Waals surface area contributed by atoms with Crippen molar-refractivity contribution >= 4 is 11.4 Å². The van der Waals surface area contributed by atoms with E-state index in [1.807, 2.05) is 18.2 Å². The molecule has 0 amide bonds. The minimum Gasteiger partial charge on any atom is -0.508 e. The van der Waals surface area contributed by atoms with Crippen LogP contribution in [0.4, 0.5) is 11.4 Å². The van der Waals surface area contributed by atoms with E-state index < -0.39 is 21.2 Å². The Balaban J connectivity index is 0.000000231. The Hall–Kier alpha value is -2.96. The summed E-state index contributed by atoms with van der Waals surface area (Å²) in [6.07, 6.45) is 1.07. The van der Waals surface area contributed by atoms with Gasteiger partial charge >= 0.3 is 11.4 Å². The third kappa shape index (κ3) is 5.06. The van der Waals surface area contributed by atoms with Crippen molar-refractivity contribution in [2.24, 2.45) is 0 Å². The quantitative estimate of drug-likeness (QED) is 0.663. The maximum absolute atomic E-state index is 10.2. The lowest BCUT2D eigenvalue weighted by atomic mass is 9.98. The van der Waals surface area contributed by atoms with E-state index in [1.54, 1.807) is 6.07 Å². The molecule has 1 N–H and O–H groups in total. The van der Waals surface area contributed by atoms with Gasteiger partial charge < -0.3 is 5.11 Å². The highest BCUT2D eigenvalue weighted by atomic mass is 16.6. The van der Waals surface area contributed by atoms with E-state index in [0.29, 0.717) is 11.7 Å². The third-order valence-corrected chi connectivity index (χ3v) is 3.36. The number of benzene rings is 2. The van der Waals surface area contributed by atoms with Crippen LogP contribution < -0.4 is 0 Å². The molecule has 0 saturated heterocycles. The summed E-state index contributed by atoms with van der Waals surface area (Å²) in [5, 5.41) is 29.9. The van der Waals surface area contributed by atoms with Gasteiger partial charge in [-0.2, -0.15) is 0 Å². The van der Waals surface area contributed by atoms with Crippen LogP contribution in [0, 0.1) is 20.2 Å². The zero-order chi connectivity index (χ0) is 17.4. The van der Waals surface area contributed by atoms with E-state index in [1.165, 1.54) is 12.1 Å². The second-order valence-corrected chi connectivity index (χ2v) is 4.87. The maximum Gasteiger partial charge on any atom is 0.346 e. The smallest absolute Gasteiger partial charge is 0.346 e. The van der Waals surface area contributed by atoms with Crippen molar-refractivity contribution in [2.45, 2.75) is 26.2 Å². The largest absolute Gasteiger partial charge is 0.508 e. The van der Waals surface area contributed by atoms with Crippen LogP contribution in [0.15, 0.2) is 48.5 Å². The first-order chi connectivity index (χ1) is 10.9. The molecule has 0 aromatic heterocycles. The number of nitro benzene ring substituents is 2. The number of phenolic OH excluding ortho intramolecular Hbond substituents is 1. The number of nitro groups is 2. The van der Waals surface area contributed by atoms with Crippen molar-refractivity contribution in [3.05, 3.63) is 74.3 Å². The highest BCUT2D eigenvalue weighted by molar-refractivity contribution is 5.51. The van der Waals surface area contributed by atoms with Crippen molar-refractivity contribution < 1.29 is 15.0 Å². The molecule has 0 fully saturated rings. The third-order valence-electron chi connectivity index (χ3n) is 3.36. The second kappa shape index (κ2) is 8.47. The zero-order valence-corrected chi connectivity index (χ0v) is 12.9. The predicted molar refractivity (Wildman–Crippen MR) is 86.6 cm³/mol. The number of rotatable bonds is 4. The molecule has 0 aliphatic heterocycles. The Morgan fingerprint density at radius 3 is 1.78 bits per heavy atom. The predicted octanol–water partition coefficient (Wildman–Crippen LogP) is 4.41. The molecule has 2 rings (SSSR count). The van der Waals surface area contributed by atoms with Crippen LogP contribution in [0.3, 0.4) is 0 Å². The molecule has 23 heavy (non-hydrogen) atoms. The minimum atomic E-state index is -0.780. The molecule has 122 valence electrons. The molecule has 7 heteroatoms. The van der Waals surface area contributed by atoms with Gasteiger partial charge in [-0.05, 0) is 24.0 Å². The number of para-hydroxylation sites is 3. The number of nitrogens with zero attached hydrogens (tertiary/aromatic N) is 2. The zero-order valence-electron chi connectivity index (χ0n) is 12.9. The van der Waals surface area contributed by atoms with Crippen molar-refractivity contribution in [1.29, 1.82) is 0 Å². The van der Waals surface area contributed by atoms with Gasteiger partial charge in [0, 0.05) is 12.1 Å². The Kier molecular flexibility index (Phi) is 6.67. The average molecular weight is 318 g/mol. The molecule has 0 bridgehead atoms. The molecule has 0 radical (unpaired) electrons. The standard InChI is InChI=1S/C10H14O.C6H4N2O4/c1-3-8(2)9-6-4-5-7-10(9)11;9-7(10)5-3-1-2-4-6(5)8(11)12/h4-8,11H,3H2,1-2H3;1-4H. The average Bonchev–Trinajstić information content (AvgIpc) is 2.55. The van der Waals surface area contributed by atoms with E-state index in [4.69, 9.17) is 0 Å². The summed E-state index contributed by atoms with van der Waals surface area (Å²) in [5.41, 5.74) is 0.0833. The summed E-state index contributed by atoms with van der Waals surface area (Å²) >= 11 is 0. The van der Waals surface area contributed by atoms with E-state index in [-0.39, 0.29) is 0 Å². The lowest BCUT2D eigenvalue weighted by molar-refractivity contribution is -0.422. The Bertz CT molecular complexity index is 655. The minimum absolute atomic E-state index is 0.418. The lowest BCUT2D eigenvalue weighted by Gasteiger charge is -2.09. The molecule has 0 saturated carbocycles. The fourth-order valence-corrected chi connectivity index (χ4v) is 1.90. The van der Waals surface area contributed by atoms with Gasteiger partial charge in [-0.3, -0.25) is 20.2 Å². The first-order valence-corrected chi connectivity index (χ1v) is 7.04. The van der Waals surface area contributed by atoms with Crippen molar-refractivity contribution in [3.63, 3.8) is 0 Å². The second-order valence-electron chi connectivity index (χ2n) is 4.87. The maximum atomic E-state index is 10.2. The molecule has 7 nitrogen and oxygen atoms in total. The van der Waals surface area contributed by atoms with E-state index in [0.717, 1.165) is 24.1 Å². The molecule has 0 aliphatic rings. The van der Waals surface area contributed by atoms with Crippen LogP contribution in [0.2, 0.25) is 0 Å². The summed E-state index contributed by atoms with van der Waals surface area (Å²) in [6, 6.07) is 12.5. The Morgan fingerprint density at radius 1 is 0.957 bits per heavy atom. The van der Waals surface area contributed by atoms with Gasteiger partial charge in [0.15, 0.2) is 0 Å². The lowest BCUT2D eigenvalue weighted by Crippen LogP contribution is -1.95. The van der Waals surface area contributed by atoms with Gasteiger partial charge in [-0.1, -0.05) is 44.2 Å². The van der Waals surface area contributed by atoms with Crippen LogP contribution >= 0.6 is 0 Å². The van der Waals surface area contributed by atoms with E-state index in [9.17, 15) is 25.3 Å². The molecule has 0 heterocycles. The van der Waals surface area contributed by atoms with E-state index in [2.05, 4.69) is 13.8 Å². The first-order valence-electron chi connectivity index (χ1n) is 7.04. The molecule has 2 aromatic rings. The normalized spacial score (nSPS) is 11.0. The van der Waals surface area contributed by atoms with Crippen LogP contribution in [0.25, 0.3) is 0 Å². The fraction of sp³-hybridized carbons (Fsp3) is 0.250. The molecular weight excluding hydrogens is 300 g/mol. The van der Waals surface area contributed by atoms with Gasteiger partial charge in [0.25, 0.3) is 0 Å². The summed E-state index contributed by atoms with van der Waals surface area (Å²) < 4.78 is 0. The fourth-order valence-electron chi connectivity index (χ4n) is 1.90. The SMILES string of the molecule is CCC(C)c1ccccc1O.O=[N+]([O-])c1ccccc1[N+](=O)[O-]. The van der Waals surface area contributed by atoms with Crippen molar-refractivity contribution in [2.75, 3.05) is 0 Å². The number of hydrogen-bond donors (Lipinski definition) is 1. The summed E-state index contributed by atoms with van der Waals surface area (Å²) in [5.74, 6) is 0.873. The number of hydrogen-bond acceptors (Lipinski definition) is 5.